The molecule has 1 aromatic carbocycles. The monoisotopic (exact) mass is 321 g/mol. The highest BCUT2D eigenvalue weighted by Crippen LogP contribution is 2.22. The summed E-state index contributed by atoms with van der Waals surface area (Å²) >= 11 is 1.20. The summed E-state index contributed by atoms with van der Waals surface area (Å²) in [4.78, 5) is 28.5. The van der Waals surface area contributed by atoms with Crippen LogP contribution in [0, 0.1) is 0 Å². The number of rotatable bonds is 7. The van der Waals surface area contributed by atoms with Crippen molar-refractivity contribution in [3.8, 4) is 0 Å². The van der Waals surface area contributed by atoms with Gasteiger partial charge in [-0.2, -0.15) is 0 Å². The molecule has 0 aliphatic rings. The Morgan fingerprint density at radius 1 is 1.45 bits per heavy atom. The van der Waals surface area contributed by atoms with E-state index in [4.69, 9.17) is 10.5 Å². The molecule has 0 unspecified atom stereocenters. The molecular weight excluding hydrogens is 302 g/mol. The molecule has 1 heterocycles. The van der Waals surface area contributed by atoms with Crippen molar-refractivity contribution >= 4 is 28.6 Å². The second-order valence-electron chi connectivity index (χ2n) is 4.88. The first kappa shape index (κ1) is 16.5. The number of nitrogens with zero attached hydrogens (tertiary/aromatic N) is 2. The van der Waals surface area contributed by atoms with Crippen LogP contribution < -0.4 is 11.3 Å². The summed E-state index contributed by atoms with van der Waals surface area (Å²) in [5, 5.41) is 0.615. The smallest absolute Gasteiger partial charge is 0.262 e. The Kier molecular flexibility index (Phi) is 5.57. The summed E-state index contributed by atoms with van der Waals surface area (Å²) in [6, 6.07) is 7.18. The molecule has 2 N–H and O–H groups in total. The number of fused-ring (bicyclic) bond motifs is 1. The second kappa shape index (κ2) is 7.42. The Bertz CT molecular complexity index is 730. The topological polar surface area (TPSA) is 87.2 Å². The molecule has 7 heteroatoms. The number of primary amides is 1. The molecule has 0 bridgehead atoms. The molecule has 0 radical (unpaired) electrons. The van der Waals surface area contributed by atoms with Crippen molar-refractivity contribution < 1.29 is 9.53 Å². The zero-order valence-corrected chi connectivity index (χ0v) is 13.4. The molecule has 1 amide bonds. The van der Waals surface area contributed by atoms with Gasteiger partial charge in [0.25, 0.3) is 5.56 Å². The highest BCUT2D eigenvalue weighted by Gasteiger charge is 2.17. The summed E-state index contributed by atoms with van der Waals surface area (Å²) in [6.07, 6.45) is 0.689. The SMILES string of the molecule is COCCCn1c(S[C@H](C)C(N)=O)nc2ccccc2c1=O. The Balaban J connectivity index is 2.47. The molecule has 2 rings (SSSR count). The lowest BCUT2D eigenvalue weighted by Gasteiger charge is -2.14. The maximum absolute atomic E-state index is 12.6. The van der Waals surface area contributed by atoms with Crippen molar-refractivity contribution in [1.29, 1.82) is 0 Å². The largest absolute Gasteiger partial charge is 0.385 e. The second-order valence-corrected chi connectivity index (χ2v) is 6.19. The van der Waals surface area contributed by atoms with E-state index >= 15 is 0 Å². The average molecular weight is 321 g/mol. The van der Waals surface area contributed by atoms with Gasteiger partial charge < -0.3 is 10.5 Å². The molecular formula is C15H19N3O3S. The van der Waals surface area contributed by atoms with Crippen molar-refractivity contribution in [1.82, 2.24) is 9.55 Å². The number of hydrogen-bond donors (Lipinski definition) is 1. The van der Waals surface area contributed by atoms with Gasteiger partial charge in [0.2, 0.25) is 5.91 Å². The number of thioether (sulfide) groups is 1. The van der Waals surface area contributed by atoms with Crippen molar-refractivity contribution in [3.63, 3.8) is 0 Å². The van der Waals surface area contributed by atoms with E-state index in [-0.39, 0.29) is 5.56 Å². The van der Waals surface area contributed by atoms with Crippen LogP contribution in [0.5, 0.6) is 0 Å². The normalized spacial score (nSPS) is 12.5. The van der Waals surface area contributed by atoms with Crippen molar-refractivity contribution in [3.05, 3.63) is 34.6 Å². The number of nitrogens with two attached hydrogens (primary N) is 1. The number of benzene rings is 1. The van der Waals surface area contributed by atoms with E-state index in [1.165, 1.54) is 11.8 Å². The minimum absolute atomic E-state index is 0.110. The molecule has 0 saturated heterocycles. The van der Waals surface area contributed by atoms with E-state index in [1.54, 1.807) is 30.7 Å². The van der Waals surface area contributed by atoms with E-state index in [0.717, 1.165) is 0 Å². The van der Waals surface area contributed by atoms with Crippen LogP contribution in [0.1, 0.15) is 13.3 Å². The molecule has 22 heavy (non-hydrogen) atoms. The van der Waals surface area contributed by atoms with Crippen molar-refractivity contribution in [2.75, 3.05) is 13.7 Å². The van der Waals surface area contributed by atoms with Gasteiger partial charge in [-0.05, 0) is 25.5 Å². The lowest BCUT2D eigenvalue weighted by Crippen LogP contribution is -2.27. The van der Waals surface area contributed by atoms with E-state index in [0.29, 0.717) is 35.6 Å². The van der Waals surface area contributed by atoms with E-state index in [1.807, 2.05) is 12.1 Å². The first-order valence-electron chi connectivity index (χ1n) is 6.99. The van der Waals surface area contributed by atoms with Gasteiger partial charge in [0, 0.05) is 20.3 Å². The minimum Gasteiger partial charge on any atom is -0.385 e. The highest BCUT2D eigenvalue weighted by molar-refractivity contribution is 8.00. The fourth-order valence-corrected chi connectivity index (χ4v) is 2.90. The summed E-state index contributed by atoms with van der Waals surface area (Å²) in [5.74, 6) is -0.434. The third kappa shape index (κ3) is 3.66. The lowest BCUT2D eigenvalue weighted by atomic mass is 10.2. The summed E-state index contributed by atoms with van der Waals surface area (Å²) in [5.41, 5.74) is 5.82. The first-order valence-corrected chi connectivity index (χ1v) is 7.87. The number of para-hydroxylation sites is 1. The van der Waals surface area contributed by atoms with Gasteiger partial charge >= 0.3 is 0 Å². The van der Waals surface area contributed by atoms with Crippen LogP contribution in [0.4, 0.5) is 0 Å². The number of carbonyl (C=O) groups excluding carboxylic acids is 1. The van der Waals surface area contributed by atoms with E-state index in [9.17, 15) is 9.59 Å². The number of hydrogen-bond acceptors (Lipinski definition) is 5. The van der Waals surface area contributed by atoms with Gasteiger partial charge in [-0.15, -0.1) is 0 Å². The number of aromatic nitrogens is 2. The molecule has 118 valence electrons. The van der Waals surface area contributed by atoms with Crippen LogP contribution in [0.15, 0.2) is 34.2 Å². The molecule has 0 aliphatic carbocycles. The standard InChI is InChI=1S/C15H19N3O3S/c1-10(13(16)19)22-15-17-12-7-4-3-6-11(12)14(20)18(15)8-5-9-21-2/h3-4,6-7,10H,5,8-9H2,1-2H3,(H2,16,19)/t10-/m1/s1. The molecule has 0 fully saturated rings. The quantitative estimate of drug-likeness (QED) is 0.473. The third-order valence-corrected chi connectivity index (χ3v) is 4.35. The van der Waals surface area contributed by atoms with E-state index in [2.05, 4.69) is 4.98 Å². The van der Waals surface area contributed by atoms with Crippen LogP contribution in [-0.2, 0) is 16.1 Å². The van der Waals surface area contributed by atoms with Gasteiger partial charge in [-0.25, -0.2) is 4.98 Å². The highest BCUT2D eigenvalue weighted by atomic mass is 32.2. The zero-order valence-electron chi connectivity index (χ0n) is 12.6. The molecule has 0 saturated carbocycles. The lowest BCUT2D eigenvalue weighted by molar-refractivity contribution is -0.117. The average Bonchev–Trinajstić information content (AvgIpc) is 2.50. The van der Waals surface area contributed by atoms with Crippen LogP contribution in [0.25, 0.3) is 10.9 Å². The number of amides is 1. The predicted octanol–water partition coefficient (Wildman–Crippen LogP) is 1.40. The maximum atomic E-state index is 12.6. The van der Waals surface area contributed by atoms with Gasteiger partial charge in [0.15, 0.2) is 5.16 Å². The molecule has 1 aromatic heterocycles. The molecule has 2 aromatic rings. The first-order chi connectivity index (χ1) is 10.5. The molecule has 0 spiro atoms. The van der Waals surface area contributed by atoms with Crippen LogP contribution in [0.2, 0.25) is 0 Å². The van der Waals surface area contributed by atoms with Crippen LogP contribution >= 0.6 is 11.8 Å². The van der Waals surface area contributed by atoms with Crippen LogP contribution in [-0.4, -0.2) is 34.4 Å². The Labute approximate surface area is 132 Å². The van der Waals surface area contributed by atoms with Crippen molar-refractivity contribution in [2.24, 2.45) is 5.73 Å². The fraction of sp³-hybridized carbons (Fsp3) is 0.400. The Morgan fingerprint density at radius 3 is 2.86 bits per heavy atom. The Hall–Kier alpha value is -1.86. The van der Waals surface area contributed by atoms with E-state index < -0.39 is 11.2 Å². The summed E-state index contributed by atoms with van der Waals surface area (Å²) < 4.78 is 6.62. The fourth-order valence-electron chi connectivity index (χ4n) is 2.02. The van der Waals surface area contributed by atoms with Gasteiger partial charge in [0.05, 0.1) is 16.2 Å². The molecule has 6 nitrogen and oxygen atoms in total. The number of ether oxygens (including phenoxy) is 1. The predicted molar refractivity (Wildman–Crippen MR) is 87.0 cm³/mol. The van der Waals surface area contributed by atoms with Gasteiger partial charge in [-0.3, -0.25) is 14.2 Å². The molecule has 0 aliphatic heterocycles. The van der Waals surface area contributed by atoms with Crippen molar-refractivity contribution in [2.45, 2.75) is 30.3 Å². The van der Waals surface area contributed by atoms with Gasteiger partial charge in [-0.1, -0.05) is 23.9 Å². The molecule has 1 atom stereocenters. The van der Waals surface area contributed by atoms with Gasteiger partial charge in [0.1, 0.15) is 0 Å². The number of methoxy groups -OCH3 is 1. The third-order valence-electron chi connectivity index (χ3n) is 3.24. The maximum Gasteiger partial charge on any atom is 0.262 e. The summed E-state index contributed by atoms with van der Waals surface area (Å²) in [6.45, 7) is 2.74. The zero-order chi connectivity index (χ0) is 16.1. The minimum atomic E-state index is -0.457. The van der Waals surface area contributed by atoms with Crippen LogP contribution in [0.3, 0.4) is 0 Å². The number of carbonyl (C=O) groups is 1. The Morgan fingerprint density at radius 2 is 2.18 bits per heavy atom. The summed E-state index contributed by atoms with van der Waals surface area (Å²) in [7, 11) is 1.62.